The fourth-order valence-electron chi connectivity index (χ4n) is 2.64. The molecule has 3 rings (SSSR count). The number of aliphatic hydroxyl groups is 1. The molecule has 27 heavy (non-hydrogen) atoms. The average Bonchev–Trinajstić information content (AvgIpc) is 3.04. The van der Waals surface area contributed by atoms with Crippen molar-refractivity contribution in [1.29, 1.82) is 0 Å². The van der Waals surface area contributed by atoms with Crippen molar-refractivity contribution in [2.75, 3.05) is 22.9 Å². The number of rotatable bonds is 7. The van der Waals surface area contributed by atoms with Crippen LogP contribution in [0.1, 0.15) is 32.4 Å². The molecule has 0 spiro atoms. The highest BCUT2D eigenvalue weighted by atomic mass is 127. The Balaban J connectivity index is 1.95. The van der Waals surface area contributed by atoms with Gasteiger partial charge in [-0.05, 0) is 67.1 Å². The summed E-state index contributed by atoms with van der Waals surface area (Å²) in [5.74, 6) is 1.08. The van der Waals surface area contributed by atoms with Gasteiger partial charge in [-0.15, -0.1) is 0 Å². The number of nitrogens with zero attached hydrogens (tertiary/aromatic N) is 4. The second-order valence-electron chi connectivity index (χ2n) is 6.74. The van der Waals surface area contributed by atoms with Crippen LogP contribution in [0, 0.1) is 3.57 Å². The van der Waals surface area contributed by atoms with E-state index in [9.17, 15) is 5.11 Å². The third kappa shape index (κ3) is 4.59. The molecule has 0 saturated carbocycles. The monoisotopic (exact) mass is 481 g/mol. The number of hydrogen-bond donors (Lipinski definition) is 4. The Morgan fingerprint density at radius 2 is 2.00 bits per heavy atom. The van der Waals surface area contributed by atoms with Crippen LogP contribution in [0.4, 0.5) is 17.5 Å². The highest BCUT2D eigenvalue weighted by molar-refractivity contribution is 14.1. The zero-order chi connectivity index (χ0) is 19.6. The fraction of sp³-hybridized carbons (Fsp3) is 0.389. The SMILES string of the molecule is CC(O)CNc1nc(NCc2cc(I)ccc2N)c2ncn(C(C)C)c2n1. The van der Waals surface area contributed by atoms with E-state index < -0.39 is 6.10 Å². The molecule has 0 aliphatic heterocycles. The maximum absolute atomic E-state index is 9.54. The first-order valence-corrected chi connectivity index (χ1v) is 9.87. The van der Waals surface area contributed by atoms with Crippen LogP contribution in [0.2, 0.25) is 0 Å². The zero-order valence-electron chi connectivity index (χ0n) is 15.6. The van der Waals surface area contributed by atoms with Gasteiger partial charge in [0, 0.05) is 28.4 Å². The number of nitrogens with one attached hydrogen (secondary N) is 2. The molecule has 2 heterocycles. The molecular formula is C18H24IN7O. The van der Waals surface area contributed by atoms with Crippen LogP contribution in [0.5, 0.6) is 0 Å². The number of fused-ring (bicyclic) bond motifs is 1. The summed E-state index contributed by atoms with van der Waals surface area (Å²) >= 11 is 2.27. The minimum Gasteiger partial charge on any atom is -0.398 e. The number of aromatic nitrogens is 4. The van der Waals surface area contributed by atoms with Gasteiger partial charge in [0.25, 0.3) is 0 Å². The van der Waals surface area contributed by atoms with Crippen LogP contribution in [0.15, 0.2) is 24.5 Å². The Bertz CT molecular complexity index is 939. The van der Waals surface area contributed by atoms with Crippen molar-refractivity contribution < 1.29 is 5.11 Å². The molecule has 1 atom stereocenters. The molecule has 0 saturated heterocycles. The van der Waals surface area contributed by atoms with Crippen molar-refractivity contribution in [3.8, 4) is 0 Å². The molecule has 0 fully saturated rings. The van der Waals surface area contributed by atoms with Crippen LogP contribution in [-0.4, -0.2) is 37.3 Å². The van der Waals surface area contributed by atoms with Gasteiger partial charge in [0.2, 0.25) is 5.95 Å². The van der Waals surface area contributed by atoms with E-state index in [1.165, 1.54) is 0 Å². The summed E-state index contributed by atoms with van der Waals surface area (Å²) in [6, 6.07) is 6.14. The molecule has 1 unspecified atom stereocenters. The van der Waals surface area contributed by atoms with Crippen LogP contribution in [0.3, 0.4) is 0 Å². The molecule has 0 aliphatic rings. The van der Waals surface area contributed by atoms with E-state index in [0.717, 1.165) is 20.5 Å². The molecule has 8 nitrogen and oxygen atoms in total. The fourth-order valence-corrected chi connectivity index (χ4v) is 3.20. The van der Waals surface area contributed by atoms with Crippen LogP contribution < -0.4 is 16.4 Å². The van der Waals surface area contributed by atoms with Gasteiger partial charge in [0.05, 0.1) is 12.4 Å². The Morgan fingerprint density at radius 1 is 1.22 bits per heavy atom. The number of nitrogen functional groups attached to an aromatic ring is 1. The summed E-state index contributed by atoms with van der Waals surface area (Å²) in [7, 11) is 0. The molecule has 0 amide bonds. The number of nitrogens with two attached hydrogens (primary N) is 1. The third-order valence-electron chi connectivity index (χ3n) is 4.08. The molecule has 2 aromatic heterocycles. The van der Waals surface area contributed by atoms with Gasteiger partial charge in [0.15, 0.2) is 17.0 Å². The van der Waals surface area contributed by atoms with Crippen molar-refractivity contribution in [3.63, 3.8) is 0 Å². The van der Waals surface area contributed by atoms with Crippen molar-refractivity contribution in [1.82, 2.24) is 19.5 Å². The van der Waals surface area contributed by atoms with E-state index >= 15 is 0 Å². The lowest BCUT2D eigenvalue weighted by Crippen LogP contribution is -2.18. The topological polar surface area (TPSA) is 114 Å². The summed E-state index contributed by atoms with van der Waals surface area (Å²) in [6.07, 6.45) is 1.27. The lowest BCUT2D eigenvalue weighted by molar-refractivity contribution is 0.208. The van der Waals surface area contributed by atoms with Crippen LogP contribution >= 0.6 is 22.6 Å². The predicted molar refractivity (Wildman–Crippen MR) is 117 cm³/mol. The summed E-state index contributed by atoms with van der Waals surface area (Å²) in [4.78, 5) is 13.6. The highest BCUT2D eigenvalue weighted by Crippen LogP contribution is 2.25. The van der Waals surface area contributed by atoms with E-state index in [4.69, 9.17) is 5.73 Å². The van der Waals surface area contributed by atoms with E-state index in [-0.39, 0.29) is 6.04 Å². The molecular weight excluding hydrogens is 457 g/mol. The number of hydrogen-bond acceptors (Lipinski definition) is 7. The van der Waals surface area contributed by atoms with E-state index in [2.05, 4.69) is 62.0 Å². The normalized spacial score (nSPS) is 12.5. The van der Waals surface area contributed by atoms with E-state index in [1.54, 1.807) is 13.3 Å². The number of aliphatic hydroxyl groups excluding tert-OH is 1. The number of imidazole rings is 1. The van der Waals surface area contributed by atoms with Crippen molar-refractivity contribution in [2.45, 2.75) is 39.5 Å². The lowest BCUT2D eigenvalue weighted by atomic mass is 10.2. The van der Waals surface area contributed by atoms with Gasteiger partial charge in [-0.25, -0.2) is 4.98 Å². The Labute approximate surface area is 171 Å². The number of benzene rings is 1. The third-order valence-corrected chi connectivity index (χ3v) is 4.76. The Hall–Kier alpha value is -2.14. The van der Waals surface area contributed by atoms with Crippen molar-refractivity contribution in [3.05, 3.63) is 33.7 Å². The van der Waals surface area contributed by atoms with Gasteiger partial charge in [-0.3, -0.25) is 0 Å². The van der Waals surface area contributed by atoms with Crippen molar-refractivity contribution in [2.24, 2.45) is 0 Å². The van der Waals surface area contributed by atoms with Gasteiger partial charge in [-0.2, -0.15) is 9.97 Å². The summed E-state index contributed by atoms with van der Waals surface area (Å²) in [6.45, 7) is 6.75. The molecule has 0 aliphatic carbocycles. The van der Waals surface area contributed by atoms with E-state index in [1.807, 2.05) is 22.8 Å². The number of halogens is 1. The first-order valence-electron chi connectivity index (χ1n) is 8.79. The maximum Gasteiger partial charge on any atom is 0.226 e. The quantitative estimate of drug-likeness (QED) is 0.303. The molecule has 0 radical (unpaired) electrons. The average molecular weight is 481 g/mol. The predicted octanol–water partition coefficient (Wildman–Crippen LogP) is 3.00. The van der Waals surface area contributed by atoms with Crippen LogP contribution in [0.25, 0.3) is 11.2 Å². The Morgan fingerprint density at radius 3 is 2.70 bits per heavy atom. The lowest BCUT2D eigenvalue weighted by Gasteiger charge is -2.13. The van der Waals surface area contributed by atoms with Crippen LogP contribution in [-0.2, 0) is 6.54 Å². The van der Waals surface area contributed by atoms with Gasteiger partial charge >= 0.3 is 0 Å². The summed E-state index contributed by atoms with van der Waals surface area (Å²) in [5, 5.41) is 16.0. The number of anilines is 3. The van der Waals surface area contributed by atoms with Gasteiger partial charge in [0.1, 0.15) is 0 Å². The zero-order valence-corrected chi connectivity index (χ0v) is 17.7. The molecule has 5 N–H and O–H groups in total. The smallest absolute Gasteiger partial charge is 0.226 e. The molecule has 3 aromatic rings. The van der Waals surface area contributed by atoms with Gasteiger partial charge in [-0.1, -0.05) is 0 Å². The van der Waals surface area contributed by atoms with Crippen molar-refractivity contribution >= 4 is 51.2 Å². The minimum absolute atomic E-state index is 0.216. The molecule has 1 aromatic carbocycles. The van der Waals surface area contributed by atoms with E-state index in [0.29, 0.717) is 30.4 Å². The second kappa shape index (κ2) is 8.26. The second-order valence-corrected chi connectivity index (χ2v) is 7.99. The minimum atomic E-state index is -0.498. The standard InChI is InChI=1S/C18H24IN7O/c1-10(2)26-9-23-15-16(21-8-12-6-13(19)4-5-14(12)20)24-18(25-17(15)26)22-7-11(3)27/h4-6,9-11,27H,7-8,20H2,1-3H3,(H2,21,22,24,25). The first-order chi connectivity index (χ1) is 12.8. The summed E-state index contributed by atoms with van der Waals surface area (Å²) in [5.41, 5.74) is 9.26. The highest BCUT2D eigenvalue weighted by Gasteiger charge is 2.15. The largest absolute Gasteiger partial charge is 0.398 e. The molecule has 144 valence electrons. The maximum atomic E-state index is 9.54. The Kier molecular flexibility index (Phi) is 6.00. The van der Waals surface area contributed by atoms with Gasteiger partial charge < -0.3 is 26.0 Å². The first kappa shape index (κ1) is 19.6. The molecule has 0 bridgehead atoms. The molecule has 9 heteroatoms. The summed E-state index contributed by atoms with van der Waals surface area (Å²) < 4.78 is 3.12.